The number of thioether (sulfide) groups is 1. The van der Waals surface area contributed by atoms with Crippen molar-refractivity contribution in [2.24, 2.45) is 5.92 Å². The van der Waals surface area contributed by atoms with Gasteiger partial charge in [0.2, 0.25) is 5.91 Å². The number of H-pyrrole nitrogens is 1. The number of aliphatic hydroxyl groups excluding tert-OH is 1. The van der Waals surface area contributed by atoms with E-state index in [0.29, 0.717) is 22.1 Å². The number of carbonyl (C=O) groups excluding carboxylic acids is 1. The molecule has 1 amide bonds. The highest BCUT2D eigenvalue weighted by molar-refractivity contribution is 7.99. The number of aromatic amines is 1. The van der Waals surface area contributed by atoms with Gasteiger partial charge in [0.1, 0.15) is 5.39 Å². The minimum atomic E-state index is -0.291. The number of nitrogens with zero attached hydrogens (tertiary/aromatic N) is 4. The number of nitrogens with one attached hydrogen (secondary N) is 1. The molecular formula is C21H25N5O3S. The van der Waals surface area contributed by atoms with E-state index in [-0.39, 0.29) is 30.4 Å². The summed E-state index contributed by atoms with van der Waals surface area (Å²) in [4.78, 5) is 33.9. The van der Waals surface area contributed by atoms with Gasteiger partial charge in [0.05, 0.1) is 25.1 Å². The van der Waals surface area contributed by atoms with E-state index in [1.807, 2.05) is 11.0 Å². The lowest BCUT2D eigenvalue weighted by Crippen LogP contribution is -2.39. The zero-order valence-electron chi connectivity index (χ0n) is 16.7. The molecule has 9 heteroatoms. The summed E-state index contributed by atoms with van der Waals surface area (Å²) >= 11 is 1.22. The van der Waals surface area contributed by atoms with Crippen LogP contribution in [0.15, 0.2) is 46.5 Å². The van der Waals surface area contributed by atoms with Gasteiger partial charge in [-0.05, 0) is 30.7 Å². The van der Waals surface area contributed by atoms with Crippen molar-refractivity contribution in [1.82, 2.24) is 24.6 Å². The van der Waals surface area contributed by atoms with E-state index in [1.54, 1.807) is 0 Å². The standard InChI is InChI=1S/C21H25N5O3S/c27-11-10-26-19-17(13-22-26)20(29)24-21(23-19)30-14-18(28)25-8-6-16(7-9-25)12-15-4-2-1-3-5-15/h1-5,13,16,27H,6-12,14H2,(H,23,24,29). The molecule has 0 bridgehead atoms. The summed E-state index contributed by atoms with van der Waals surface area (Å²) < 4.78 is 1.49. The Morgan fingerprint density at radius 2 is 2.00 bits per heavy atom. The Morgan fingerprint density at radius 1 is 1.23 bits per heavy atom. The smallest absolute Gasteiger partial charge is 0.262 e. The topological polar surface area (TPSA) is 104 Å². The van der Waals surface area contributed by atoms with E-state index in [4.69, 9.17) is 5.11 Å². The van der Waals surface area contributed by atoms with Gasteiger partial charge >= 0.3 is 0 Å². The number of rotatable bonds is 7. The Labute approximate surface area is 178 Å². The van der Waals surface area contributed by atoms with Crippen molar-refractivity contribution in [3.63, 3.8) is 0 Å². The molecule has 2 aromatic heterocycles. The largest absolute Gasteiger partial charge is 0.394 e. The highest BCUT2D eigenvalue weighted by Gasteiger charge is 2.23. The molecule has 0 spiro atoms. The van der Waals surface area contributed by atoms with E-state index in [2.05, 4.69) is 39.3 Å². The Morgan fingerprint density at radius 3 is 2.73 bits per heavy atom. The Hall–Kier alpha value is -2.65. The Kier molecular flexibility index (Phi) is 6.49. The minimum Gasteiger partial charge on any atom is -0.394 e. The van der Waals surface area contributed by atoms with Crippen molar-refractivity contribution in [2.75, 3.05) is 25.4 Å². The Balaban J connectivity index is 1.32. The summed E-state index contributed by atoms with van der Waals surface area (Å²) in [6.45, 7) is 1.71. The van der Waals surface area contributed by atoms with Crippen LogP contribution in [0.5, 0.6) is 0 Å². The maximum Gasteiger partial charge on any atom is 0.262 e. The first-order chi connectivity index (χ1) is 14.6. The highest BCUT2D eigenvalue weighted by Crippen LogP contribution is 2.23. The molecule has 158 valence electrons. The maximum absolute atomic E-state index is 12.6. The van der Waals surface area contributed by atoms with Crippen LogP contribution in [0.2, 0.25) is 0 Å². The van der Waals surface area contributed by atoms with Crippen molar-refractivity contribution in [2.45, 2.75) is 31.0 Å². The van der Waals surface area contributed by atoms with E-state index in [0.717, 1.165) is 32.4 Å². The molecule has 0 aliphatic carbocycles. The molecule has 1 saturated heterocycles. The van der Waals surface area contributed by atoms with E-state index < -0.39 is 0 Å². The van der Waals surface area contributed by atoms with Gasteiger partial charge in [-0.15, -0.1) is 0 Å². The van der Waals surface area contributed by atoms with Crippen LogP contribution in [-0.4, -0.2) is 61.1 Å². The zero-order valence-corrected chi connectivity index (χ0v) is 17.5. The third-order valence-corrected chi connectivity index (χ3v) is 6.32. The van der Waals surface area contributed by atoms with Crippen LogP contribution >= 0.6 is 11.8 Å². The molecule has 1 fully saturated rings. The molecule has 0 atom stereocenters. The van der Waals surface area contributed by atoms with Gasteiger partial charge in [0.25, 0.3) is 5.56 Å². The van der Waals surface area contributed by atoms with Crippen LogP contribution < -0.4 is 5.56 Å². The Bertz CT molecular complexity index is 1060. The van der Waals surface area contributed by atoms with Gasteiger partial charge in [0, 0.05) is 13.1 Å². The molecule has 1 aromatic carbocycles. The molecule has 1 aliphatic heterocycles. The number of aliphatic hydroxyl groups is 1. The summed E-state index contributed by atoms with van der Waals surface area (Å²) in [5.41, 5.74) is 1.48. The van der Waals surface area contributed by atoms with E-state index in [9.17, 15) is 9.59 Å². The van der Waals surface area contributed by atoms with Crippen LogP contribution in [0.25, 0.3) is 11.0 Å². The second-order valence-electron chi connectivity index (χ2n) is 7.50. The molecule has 3 heterocycles. The monoisotopic (exact) mass is 427 g/mol. The van der Waals surface area contributed by atoms with Crippen molar-refractivity contribution in [3.05, 3.63) is 52.4 Å². The number of benzene rings is 1. The molecule has 0 unspecified atom stereocenters. The third-order valence-electron chi connectivity index (χ3n) is 5.46. The van der Waals surface area contributed by atoms with Crippen LogP contribution in [-0.2, 0) is 17.8 Å². The molecule has 4 rings (SSSR count). The number of hydrogen-bond acceptors (Lipinski definition) is 6. The summed E-state index contributed by atoms with van der Waals surface area (Å²) in [6, 6.07) is 10.5. The summed E-state index contributed by atoms with van der Waals surface area (Å²) in [6.07, 6.45) is 4.51. The first-order valence-electron chi connectivity index (χ1n) is 10.1. The minimum absolute atomic E-state index is 0.0600. The van der Waals surface area contributed by atoms with Crippen molar-refractivity contribution in [3.8, 4) is 0 Å². The van der Waals surface area contributed by atoms with Gasteiger partial charge < -0.3 is 15.0 Å². The van der Waals surface area contributed by atoms with Crippen molar-refractivity contribution >= 4 is 28.7 Å². The second-order valence-corrected chi connectivity index (χ2v) is 8.47. The van der Waals surface area contributed by atoms with Crippen molar-refractivity contribution < 1.29 is 9.90 Å². The molecule has 2 N–H and O–H groups in total. The molecule has 1 aliphatic rings. The first-order valence-corrected chi connectivity index (χ1v) is 11.1. The number of likely N-dealkylation sites (tertiary alicyclic amines) is 1. The maximum atomic E-state index is 12.6. The van der Waals surface area contributed by atoms with Crippen LogP contribution in [0, 0.1) is 5.92 Å². The number of fused-ring (bicyclic) bond motifs is 1. The molecular weight excluding hydrogens is 402 g/mol. The third kappa shape index (κ3) is 4.73. The SMILES string of the molecule is O=C(CSc1nc2c(cnn2CCO)c(=O)[nH]1)N1CCC(Cc2ccccc2)CC1. The predicted molar refractivity (Wildman–Crippen MR) is 115 cm³/mol. The van der Waals surface area contributed by atoms with E-state index >= 15 is 0 Å². The number of piperidine rings is 1. The second kappa shape index (κ2) is 9.44. The lowest BCUT2D eigenvalue weighted by atomic mass is 9.90. The quantitative estimate of drug-likeness (QED) is 0.439. The lowest BCUT2D eigenvalue weighted by Gasteiger charge is -2.32. The van der Waals surface area contributed by atoms with E-state index in [1.165, 1.54) is 28.2 Å². The van der Waals surface area contributed by atoms with Crippen LogP contribution in [0.3, 0.4) is 0 Å². The molecule has 30 heavy (non-hydrogen) atoms. The number of aromatic nitrogens is 4. The fourth-order valence-electron chi connectivity index (χ4n) is 3.83. The van der Waals surface area contributed by atoms with Gasteiger partial charge in [-0.2, -0.15) is 5.10 Å². The first kappa shape index (κ1) is 20.6. The highest BCUT2D eigenvalue weighted by atomic mass is 32.2. The molecule has 0 saturated carbocycles. The molecule has 0 radical (unpaired) electrons. The molecule has 8 nitrogen and oxygen atoms in total. The predicted octanol–water partition coefficient (Wildman–Crippen LogP) is 1.69. The number of hydrogen-bond donors (Lipinski definition) is 2. The number of carbonyl (C=O) groups is 1. The average molecular weight is 428 g/mol. The van der Waals surface area contributed by atoms with Gasteiger partial charge in [-0.25, -0.2) is 9.67 Å². The number of amides is 1. The van der Waals surface area contributed by atoms with Crippen LogP contribution in [0.4, 0.5) is 0 Å². The van der Waals surface area contributed by atoms with Gasteiger partial charge in [0.15, 0.2) is 10.8 Å². The van der Waals surface area contributed by atoms with Crippen LogP contribution in [0.1, 0.15) is 18.4 Å². The van der Waals surface area contributed by atoms with Gasteiger partial charge in [-0.1, -0.05) is 42.1 Å². The average Bonchev–Trinajstić information content (AvgIpc) is 3.17. The fraction of sp³-hybridized carbons (Fsp3) is 0.429. The summed E-state index contributed by atoms with van der Waals surface area (Å²) in [5, 5.41) is 14.0. The zero-order chi connectivity index (χ0) is 20.9. The molecule has 3 aromatic rings. The normalized spacial score (nSPS) is 15.0. The summed E-state index contributed by atoms with van der Waals surface area (Å²) in [7, 11) is 0. The fourth-order valence-corrected chi connectivity index (χ4v) is 4.59. The van der Waals surface area contributed by atoms with Gasteiger partial charge in [-0.3, -0.25) is 9.59 Å². The summed E-state index contributed by atoms with van der Waals surface area (Å²) in [5.74, 6) is 0.896. The van der Waals surface area contributed by atoms with Crippen molar-refractivity contribution in [1.29, 1.82) is 0 Å². The lowest BCUT2D eigenvalue weighted by molar-refractivity contribution is -0.129.